The van der Waals surface area contributed by atoms with Gasteiger partial charge in [-0.2, -0.15) is 4.98 Å². The fraction of sp³-hybridized carbons (Fsp3) is 0.429. The van der Waals surface area contributed by atoms with Crippen molar-refractivity contribution < 1.29 is 4.79 Å². The summed E-state index contributed by atoms with van der Waals surface area (Å²) in [7, 11) is 0. The van der Waals surface area contributed by atoms with Crippen molar-refractivity contribution in [2.45, 2.75) is 39.8 Å². The number of amides is 1. The third-order valence-electron chi connectivity index (χ3n) is 5.39. The van der Waals surface area contributed by atoms with E-state index in [0.717, 1.165) is 23.7 Å². The topological polar surface area (TPSA) is 75.4 Å². The molecule has 7 heteroatoms. The molecule has 146 valence electrons. The van der Waals surface area contributed by atoms with Crippen molar-refractivity contribution in [3.63, 3.8) is 0 Å². The molecule has 1 saturated heterocycles. The number of nitrogens with zero attached hydrogens (tertiary/aromatic N) is 5. The summed E-state index contributed by atoms with van der Waals surface area (Å²) in [6.45, 7) is 8.04. The zero-order valence-corrected chi connectivity index (χ0v) is 16.4. The number of fused-ring (bicyclic) bond motifs is 1. The number of aromatic nitrogens is 4. The van der Waals surface area contributed by atoms with Crippen LogP contribution in [0.15, 0.2) is 36.5 Å². The van der Waals surface area contributed by atoms with Crippen molar-refractivity contribution in [2.24, 2.45) is 5.92 Å². The van der Waals surface area contributed by atoms with E-state index in [1.165, 1.54) is 31.5 Å². The van der Waals surface area contributed by atoms with Gasteiger partial charge in [0.1, 0.15) is 0 Å². The molecule has 2 aromatic heterocycles. The maximum Gasteiger partial charge on any atom is 0.291 e. The minimum absolute atomic E-state index is 0.137. The lowest BCUT2D eigenvalue weighted by molar-refractivity contribution is 0.0940. The largest absolute Gasteiger partial charge is 0.345 e. The highest BCUT2D eigenvalue weighted by Gasteiger charge is 2.16. The molecule has 1 aromatic carbocycles. The van der Waals surface area contributed by atoms with Gasteiger partial charge in [0, 0.05) is 25.0 Å². The average Bonchev–Trinajstić information content (AvgIpc) is 3.15. The fourth-order valence-corrected chi connectivity index (χ4v) is 3.50. The Bertz CT molecular complexity index is 957. The number of hydrogen-bond donors (Lipinski definition) is 1. The molecule has 1 aliphatic heterocycles. The number of aryl methyl sites for hydroxylation is 1. The first kappa shape index (κ1) is 18.6. The summed E-state index contributed by atoms with van der Waals surface area (Å²) in [6.07, 6.45) is 4.24. The number of rotatable bonds is 5. The van der Waals surface area contributed by atoms with Crippen molar-refractivity contribution in [1.82, 2.24) is 29.8 Å². The van der Waals surface area contributed by atoms with Gasteiger partial charge in [0.25, 0.3) is 11.7 Å². The molecular weight excluding hydrogens is 352 g/mol. The van der Waals surface area contributed by atoms with Gasteiger partial charge in [-0.1, -0.05) is 31.2 Å². The van der Waals surface area contributed by atoms with Gasteiger partial charge in [-0.15, -0.1) is 5.10 Å². The van der Waals surface area contributed by atoms with E-state index < -0.39 is 0 Å². The average molecular weight is 378 g/mol. The molecule has 7 nitrogen and oxygen atoms in total. The third kappa shape index (κ3) is 4.20. The predicted molar refractivity (Wildman–Crippen MR) is 107 cm³/mol. The zero-order chi connectivity index (χ0) is 19.5. The highest BCUT2D eigenvalue weighted by Crippen LogP contribution is 2.18. The fourth-order valence-electron chi connectivity index (χ4n) is 3.50. The van der Waals surface area contributed by atoms with Crippen LogP contribution in [0.1, 0.15) is 47.2 Å². The van der Waals surface area contributed by atoms with Crippen LogP contribution in [0, 0.1) is 12.8 Å². The van der Waals surface area contributed by atoms with E-state index >= 15 is 0 Å². The summed E-state index contributed by atoms with van der Waals surface area (Å²) in [6, 6.07) is 10.3. The molecular formula is C21H26N6O. The number of carbonyl (C=O) groups is 1. The van der Waals surface area contributed by atoms with Crippen molar-refractivity contribution in [2.75, 3.05) is 13.1 Å². The summed E-state index contributed by atoms with van der Waals surface area (Å²) in [4.78, 5) is 23.2. The second-order valence-electron chi connectivity index (χ2n) is 7.69. The molecule has 0 aliphatic carbocycles. The first-order valence-corrected chi connectivity index (χ1v) is 9.85. The summed E-state index contributed by atoms with van der Waals surface area (Å²) in [5, 5.41) is 7.12. The Morgan fingerprint density at radius 1 is 1.14 bits per heavy atom. The molecule has 3 heterocycles. The van der Waals surface area contributed by atoms with E-state index in [4.69, 9.17) is 0 Å². The van der Waals surface area contributed by atoms with Crippen LogP contribution in [0.3, 0.4) is 0 Å². The molecule has 0 bridgehead atoms. The Labute approximate surface area is 164 Å². The molecule has 0 radical (unpaired) electrons. The van der Waals surface area contributed by atoms with Gasteiger partial charge in [-0.25, -0.2) is 9.50 Å². The van der Waals surface area contributed by atoms with Crippen LogP contribution in [0.4, 0.5) is 0 Å². The van der Waals surface area contributed by atoms with E-state index in [0.29, 0.717) is 12.3 Å². The van der Waals surface area contributed by atoms with E-state index in [1.54, 1.807) is 10.7 Å². The molecule has 1 N–H and O–H groups in total. The Kier molecular flexibility index (Phi) is 5.34. The zero-order valence-electron chi connectivity index (χ0n) is 16.4. The first-order valence-electron chi connectivity index (χ1n) is 9.85. The molecule has 1 amide bonds. The molecule has 1 aliphatic rings. The standard InChI is InChI=1S/C21H26N6O/c1-15-8-11-26(12-9-15)14-18-5-3-17(4-6-18)13-23-20(28)19-24-21-22-10-7-16(2)27(21)25-19/h3-7,10,15H,8-9,11-14H2,1-2H3,(H,23,28). The monoisotopic (exact) mass is 378 g/mol. The van der Waals surface area contributed by atoms with Gasteiger partial charge in [-0.3, -0.25) is 9.69 Å². The summed E-state index contributed by atoms with van der Waals surface area (Å²) < 4.78 is 1.57. The van der Waals surface area contributed by atoms with Gasteiger partial charge in [0.2, 0.25) is 5.82 Å². The molecule has 28 heavy (non-hydrogen) atoms. The number of carbonyl (C=O) groups excluding carboxylic acids is 1. The highest BCUT2D eigenvalue weighted by atomic mass is 16.2. The van der Waals surface area contributed by atoms with Crippen LogP contribution in [-0.4, -0.2) is 43.5 Å². The summed E-state index contributed by atoms with van der Waals surface area (Å²) in [5.74, 6) is 1.13. The summed E-state index contributed by atoms with van der Waals surface area (Å²) >= 11 is 0. The molecule has 0 saturated carbocycles. The minimum atomic E-state index is -0.295. The van der Waals surface area contributed by atoms with Crippen LogP contribution in [0.5, 0.6) is 0 Å². The quantitative estimate of drug-likeness (QED) is 0.739. The van der Waals surface area contributed by atoms with Crippen LogP contribution in [0.2, 0.25) is 0 Å². The van der Waals surface area contributed by atoms with Crippen LogP contribution in [-0.2, 0) is 13.1 Å². The summed E-state index contributed by atoms with van der Waals surface area (Å²) in [5.41, 5.74) is 3.26. The molecule has 3 aromatic rings. The smallest absolute Gasteiger partial charge is 0.291 e. The van der Waals surface area contributed by atoms with E-state index in [1.807, 2.05) is 13.0 Å². The maximum atomic E-state index is 12.4. The van der Waals surface area contributed by atoms with Gasteiger partial charge >= 0.3 is 0 Å². The van der Waals surface area contributed by atoms with Crippen molar-refractivity contribution >= 4 is 11.7 Å². The van der Waals surface area contributed by atoms with Gasteiger partial charge in [-0.05, 0) is 56.0 Å². The van der Waals surface area contributed by atoms with Gasteiger partial charge in [0.15, 0.2) is 0 Å². The maximum absolute atomic E-state index is 12.4. The second kappa shape index (κ2) is 8.06. The van der Waals surface area contributed by atoms with Crippen LogP contribution in [0.25, 0.3) is 5.78 Å². The van der Waals surface area contributed by atoms with Crippen molar-refractivity contribution in [3.8, 4) is 0 Å². The van der Waals surface area contributed by atoms with Gasteiger partial charge < -0.3 is 5.32 Å². The Morgan fingerprint density at radius 2 is 1.86 bits per heavy atom. The first-order chi connectivity index (χ1) is 13.6. The molecule has 1 fully saturated rings. The lowest BCUT2D eigenvalue weighted by atomic mass is 9.99. The normalized spacial score (nSPS) is 15.8. The Hall–Kier alpha value is -2.80. The molecule has 4 rings (SSSR count). The lowest BCUT2D eigenvalue weighted by Crippen LogP contribution is -2.32. The van der Waals surface area contributed by atoms with Crippen LogP contribution >= 0.6 is 0 Å². The van der Waals surface area contributed by atoms with E-state index in [9.17, 15) is 4.79 Å². The number of likely N-dealkylation sites (tertiary alicyclic amines) is 1. The van der Waals surface area contributed by atoms with Crippen LogP contribution < -0.4 is 5.32 Å². The van der Waals surface area contributed by atoms with Crippen molar-refractivity contribution in [1.29, 1.82) is 0 Å². The van der Waals surface area contributed by atoms with Crippen molar-refractivity contribution in [3.05, 3.63) is 59.2 Å². The SMILES string of the molecule is Cc1ccnc2nc(C(=O)NCc3ccc(CN4CCC(C)CC4)cc3)nn12. The second-order valence-corrected chi connectivity index (χ2v) is 7.69. The van der Waals surface area contributed by atoms with E-state index in [2.05, 4.69) is 56.5 Å². The molecule has 0 unspecified atom stereocenters. The lowest BCUT2D eigenvalue weighted by Gasteiger charge is -2.30. The predicted octanol–water partition coefficient (Wildman–Crippen LogP) is 2.59. The van der Waals surface area contributed by atoms with Gasteiger partial charge in [0.05, 0.1) is 0 Å². The third-order valence-corrected chi connectivity index (χ3v) is 5.39. The number of piperidine rings is 1. The molecule has 0 atom stereocenters. The molecule has 0 spiro atoms. The number of benzene rings is 1. The number of nitrogens with one attached hydrogen (secondary N) is 1. The highest BCUT2D eigenvalue weighted by molar-refractivity contribution is 5.90. The Balaban J connectivity index is 1.32. The Morgan fingerprint density at radius 3 is 2.57 bits per heavy atom. The van der Waals surface area contributed by atoms with E-state index in [-0.39, 0.29) is 11.7 Å². The number of hydrogen-bond acceptors (Lipinski definition) is 5. The minimum Gasteiger partial charge on any atom is -0.345 e.